The Bertz CT molecular complexity index is 1600. The van der Waals surface area contributed by atoms with Crippen molar-refractivity contribution in [1.82, 2.24) is 19.1 Å². The molecule has 6 aromatic rings. The van der Waals surface area contributed by atoms with Gasteiger partial charge in [0, 0.05) is 35.2 Å². The quantitative estimate of drug-likeness (QED) is 0.266. The number of hydrogen-bond acceptors (Lipinski definition) is 2. The van der Waals surface area contributed by atoms with E-state index in [1.54, 1.807) is 0 Å². The average molecular weight is 457 g/mol. The Balaban J connectivity index is 1.64. The maximum Gasteiger partial charge on any atom is 0.144 e. The van der Waals surface area contributed by atoms with Gasteiger partial charge in [0.25, 0.3) is 0 Å². The molecule has 0 atom stereocenters. The van der Waals surface area contributed by atoms with Gasteiger partial charge in [0.15, 0.2) is 0 Å². The molecular formula is C31H28N4. The first-order valence-corrected chi connectivity index (χ1v) is 12.3. The number of nitrogens with zero attached hydrogens (tertiary/aromatic N) is 4. The highest BCUT2D eigenvalue weighted by atomic mass is 15.1. The Morgan fingerprint density at radius 3 is 2.37 bits per heavy atom. The van der Waals surface area contributed by atoms with Crippen LogP contribution in [-0.2, 0) is 6.42 Å². The van der Waals surface area contributed by atoms with Gasteiger partial charge in [-0.25, -0.2) is 4.98 Å². The number of aryl methyl sites for hydroxylation is 1. The van der Waals surface area contributed by atoms with Gasteiger partial charge in [-0.05, 0) is 53.8 Å². The molecule has 3 heterocycles. The number of aromatic nitrogens is 4. The third kappa shape index (κ3) is 3.45. The van der Waals surface area contributed by atoms with Gasteiger partial charge in [-0.15, -0.1) is 0 Å². The molecular weight excluding hydrogens is 428 g/mol. The highest BCUT2D eigenvalue weighted by Gasteiger charge is 2.20. The predicted octanol–water partition coefficient (Wildman–Crippen LogP) is 7.72. The number of fused-ring (bicyclic) bond motifs is 3. The zero-order valence-electron chi connectivity index (χ0n) is 20.3. The Morgan fingerprint density at radius 1 is 0.800 bits per heavy atom. The summed E-state index contributed by atoms with van der Waals surface area (Å²) in [6, 6.07) is 27.9. The van der Waals surface area contributed by atoms with Crippen molar-refractivity contribution in [2.24, 2.45) is 0 Å². The molecule has 3 aromatic carbocycles. The van der Waals surface area contributed by atoms with Crippen LogP contribution in [0.25, 0.3) is 44.7 Å². The Morgan fingerprint density at radius 2 is 1.57 bits per heavy atom. The van der Waals surface area contributed by atoms with E-state index in [-0.39, 0.29) is 0 Å². The molecule has 6 rings (SSSR count). The van der Waals surface area contributed by atoms with Gasteiger partial charge in [-0.2, -0.15) is 0 Å². The highest BCUT2D eigenvalue weighted by Crippen LogP contribution is 2.36. The number of imidazole rings is 1. The Kier molecular flexibility index (Phi) is 5.22. The average Bonchev–Trinajstić information content (AvgIpc) is 3.51. The van der Waals surface area contributed by atoms with Gasteiger partial charge >= 0.3 is 0 Å². The van der Waals surface area contributed by atoms with Gasteiger partial charge < -0.3 is 4.57 Å². The first-order valence-electron chi connectivity index (χ1n) is 12.3. The van der Waals surface area contributed by atoms with Crippen molar-refractivity contribution in [3.63, 3.8) is 0 Å². The standard InChI is InChI=1S/C31H28N4/c1-4-22-19-24(35-27-14-9-8-13-25(27)29-28(35)15-10-16-32-29)20-26(21(2)3)30(22)34-18-17-33-31(34)23-11-6-5-7-12-23/h5-21H,4H2,1-3H3. The van der Waals surface area contributed by atoms with Crippen molar-refractivity contribution in [3.8, 4) is 22.8 Å². The van der Waals surface area contributed by atoms with Crippen LogP contribution in [0, 0.1) is 0 Å². The number of benzene rings is 3. The molecule has 0 saturated heterocycles. The summed E-state index contributed by atoms with van der Waals surface area (Å²) in [4.78, 5) is 9.47. The molecule has 4 nitrogen and oxygen atoms in total. The summed E-state index contributed by atoms with van der Waals surface area (Å²) in [5, 5.41) is 1.18. The van der Waals surface area contributed by atoms with E-state index in [4.69, 9.17) is 9.97 Å². The van der Waals surface area contributed by atoms with Crippen molar-refractivity contribution in [2.75, 3.05) is 0 Å². The number of para-hydroxylation sites is 1. The van der Waals surface area contributed by atoms with Crippen LogP contribution in [0.1, 0.15) is 37.8 Å². The lowest BCUT2D eigenvalue weighted by molar-refractivity contribution is 0.836. The Hall–Kier alpha value is -4.18. The molecule has 0 N–H and O–H groups in total. The van der Waals surface area contributed by atoms with E-state index in [1.807, 2.05) is 24.5 Å². The molecule has 4 heteroatoms. The van der Waals surface area contributed by atoms with Crippen LogP contribution in [0.3, 0.4) is 0 Å². The molecule has 0 aliphatic carbocycles. The predicted molar refractivity (Wildman–Crippen MR) is 145 cm³/mol. The van der Waals surface area contributed by atoms with Crippen LogP contribution in [0.5, 0.6) is 0 Å². The molecule has 0 spiro atoms. The SMILES string of the molecule is CCc1cc(-n2c3ccccc3c3ncccc32)cc(C(C)C)c1-n1ccnc1-c1ccccc1. The summed E-state index contributed by atoms with van der Waals surface area (Å²) in [5.41, 5.74) is 9.49. The van der Waals surface area contributed by atoms with Gasteiger partial charge in [-0.3, -0.25) is 9.55 Å². The van der Waals surface area contributed by atoms with Crippen molar-refractivity contribution < 1.29 is 0 Å². The van der Waals surface area contributed by atoms with Crippen molar-refractivity contribution in [3.05, 3.63) is 109 Å². The second kappa shape index (κ2) is 8.55. The van der Waals surface area contributed by atoms with Crippen LogP contribution in [-0.4, -0.2) is 19.1 Å². The lowest BCUT2D eigenvalue weighted by Crippen LogP contribution is -2.09. The maximum atomic E-state index is 4.74. The molecule has 0 bridgehead atoms. The van der Waals surface area contributed by atoms with Gasteiger partial charge in [0.2, 0.25) is 0 Å². The van der Waals surface area contributed by atoms with Gasteiger partial charge in [0.1, 0.15) is 5.82 Å². The second-order valence-electron chi connectivity index (χ2n) is 9.26. The molecule has 3 aromatic heterocycles. The van der Waals surface area contributed by atoms with E-state index in [2.05, 4.69) is 103 Å². The molecule has 0 radical (unpaired) electrons. The molecule has 0 aliphatic rings. The summed E-state index contributed by atoms with van der Waals surface area (Å²) in [7, 11) is 0. The second-order valence-corrected chi connectivity index (χ2v) is 9.26. The van der Waals surface area contributed by atoms with Crippen LogP contribution >= 0.6 is 0 Å². The summed E-state index contributed by atoms with van der Waals surface area (Å²) >= 11 is 0. The van der Waals surface area contributed by atoms with Gasteiger partial charge in [0.05, 0.1) is 22.2 Å². The molecule has 172 valence electrons. The van der Waals surface area contributed by atoms with Crippen LogP contribution in [0.15, 0.2) is 97.5 Å². The van der Waals surface area contributed by atoms with Crippen LogP contribution in [0.4, 0.5) is 0 Å². The Labute approximate surface area is 205 Å². The topological polar surface area (TPSA) is 35.6 Å². The van der Waals surface area contributed by atoms with Gasteiger partial charge in [-0.1, -0.05) is 69.3 Å². The fraction of sp³-hybridized carbons (Fsp3) is 0.161. The van der Waals surface area contributed by atoms with E-state index in [0.717, 1.165) is 28.8 Å². The lowest BCUT2D eigenvalue weighted by Gasteiger charge is -2.22. The smallest absolute Gasteiger partial charge is 0.144 e. The van der Waals surface area contributed by atoms with Crippen molar-refractivity contribution >= 4 is 21.9 Å². The normalized spacial score (nSPS) is 11.7. The van der Waals surface area contributed by atoms with E-state index in [1.165, 1.54) is 33.4 Å². The number of rotatable bonds is 5. The first-order chi connectivity index (χ1) is 17.2. The lowest BCUT2D eigenvalue weighted by atomic mass is 9.95. The highest BCUT2D eigenvalue weighted by molar-refractivity contribution is 6.06. The molecule has 0 aliphatic heterocycles. The maximum absolute atomic E-state index is 4.74. The fourth-order valence-electron chi connectivity index (χ4n) is 5.18. The molecule has 35 heavy (non-hydrogen) atoms. The summed E-state index contributed by atoms with van der Waals surface area (Å²) < 4.78 is 4.62. The third-order valence-corrected chi connectivity index (χ3v) is 6.81. The zero-order chi connectivity index (χ0) is 23.9. The molecule has 0 amide bonds. The zero-order valence-corrected chi connectivity index (χ0v) is 20.3. The summed E-state index contributed by atoms with van der Waals surface area (Å²) in [6.45, 7) is 6.78. The van der Waals surface area contributed by atoms with E-state index >= 15 is 0 Å². The van der Waals surface area contributed by atoms with E-state index in [0.29, 0.717) is 5.92 Å². The minimum absolute atomic E-state index is 0.340. The van der Waals surface area contributed by atoms with Crippen LogP contribution < -0.4 is 0 Å². The molecule has 0 fully saturated rings. The van der Waals surface area contributed by atoms with E-state index in [9.17, 15) is 0 Å². The summed E-state index contributed by atoms with van der Waals surface area (Å²) in [5.74, 6) is 1.31. The third-order valence-electron chi connectivity index (χ3n) is 6.81. The van der Waals surface area contributed by atoms with Crippen molar-refractivity contribution in [2.45, 2.75) is 33.1 Å². The van der Waals surface area contributed by atoms with Crippen LogP contribution in [0.2, 0.25) is 0 Å². The number of pyridine rings is 1. The minimum atomic E-state index is 0.340. The largest absolute Gasteiger partial charge is 0.308 e. The van der Waals surface area contributed by atoms with Crippen molar-refractivity contribution in [1.29, 1.82) is 0 Å². The monoisotopic (exact) mass is 456 g/mol. The molecule has 0 saturated carbocycles. The number of hydrogen-bond donors (Lipinski definition) is 0. The molecule has 0 unspecified atom stereocenters. The minimum Gasteiger partial charge on any atom is -0.308 e. The first kappa shape index (κ1) is 21.4. The van der Waals surface area contributed by atoms with E-state index < -0.39 is 0 Å². The fourth-order valence-corrected chi connectivity index (χ4v) is 5.18. The summed E-state index contributed by atoms with van der Waals surface area (Å²) in [6.07, 6.45) is 6.79.